The molecule has 2 unspecified atom stereocenters. The van der Waals surface area contributed by atoms with Crippen LogP contribution in [0.1, 0.15) is 26.2 Å². The van der Waals surface area contributed by atoms with Gasteiger partial charge in [0.25, 0.3) is 0 Å². The molecule has 1 saturated heterocycles. The summed E-state index contributed by atoms with van der Waals surface area (Å²) in [6.45, 7) is 3.95. The highest BCUT2D eigenvalue weighted by Gasteiger charge is 2.30. The van der Waals surface area contributed by atoms with Crippen molar-refractivity contribution in [1.82, 2.24) is 15.1 Å². The number of carboxylic acids is 1. The van der Waals surface area contributed by atoms with Crippen LogP contribution in [0.5, 0.6) is 0 Å². The third-order valence-corrected chi connectivity index (χ3v) is 4.20. The zero-order valence-corrected chi connectivity index (χ0v) is 12.7. The summed E-state index contributed by atoms with van der Waals surface area (Å²) < 4.78 is 5.36. The molecule has 0 aromatic rings. The van der Waals surface area contributed by atoms with E-state index in [0.29, 0.717) is 38.3 Å². The van der Waals surface area contributed by atoms with E-state index in [0.717, 1.165) is 0 Å². The molecule has 1 aliphatic heterocycles. The van der Waals surface area contributed by atoms with Crippen LogP contribution in [0.4, 0.5) is 4.79 Å². The Kier molecular flexibility index (Phi) is 5.41. The molecule has 21 heavy (non-hydrogen) atoms. The Labute approximate surface area is 125 Å². The molecule has 2 atom stereocenters. The van der Waals surface area contributed by atoms with Gasteiger partial charge in [-0.25, -0.2) is 4.79 Å². The lowest BCUT2D eigenvalue weighted by Gasteiger charge is -2.33. The van der Waals surface area contributed by atoms with Gasteiger partial charge in [0.05, 0.1) is 19.1 Å². The van der Waals surface area contributed by atoms with E-state index in [1.54, 1.807) is 4.90 Å². The fourth-order valence-electron chi connectivity index (χ4n) is 2.55. The van der Waals surface area contributed by atoms with Crippen molar-refractivity contribution in [2.45, 2.75) is 44.4 Å². The third-order valence-electron chi connectivity index (χ3n) is 4.20. The summed E-state index contributed by atoms with van der Waals surface area (Å²) in [5.74, 6) is -0.901. The fraction of sp³-hybridized carbons (Fsp3) is 0.857. The highest BCUT2D eigenvalue weighted by atomic mass is 16.5. The molecule has 1 heterocycles. The summed E-state index contributed by atoms with van der Waals surface area (Å²) in [5, 5.41) is 11.7. The molecule has 7 heteroatoms. The first kappa shape index (κ1) is 16.0. The molecule has 2 rings (SSSR count). The Bertz CT molecular complexity index is 386. The van der Waals surface area contributed by atoms with Crippen molar-refractivity contribution in [2.75, 3.05) is 33.3 Å². The SMILES string of the molecule is CC(CNC(=O)N1CCOC(CC(=O)O)C1)N(C)C1CC1. The van der Waals surface area contributed by atoms with E-state index >= 15 is 0 Å². The number of carbonyl (C=O) groups is 2. The standard InChI is InChI=1S/C14H25N3O4/c1-10(16(2)11-3-4-11)8-15-14(20)17-5-6-21-12(9-17)7-13(18)19/h10-12H,3-9H2,1-2H3,(H,15,20)(H,18,19). The molecule has 1 saturated carbocycles. The number of morpholine rings is 1. The number of urea groups is 1. The normalized spacial score (nSPS) is 24.0. The lowest BCUT2D eigenvalue weighted by Crippen LogP contribution is -2.52. The van der Waals surface area contributed by atoms with E-state index in [4.69, 9.17) is 9.84 Å². The molecular weight excluding hydrogens is 274 g/mol. The molecule has 120 valence electrons. The van der Waals surface area contributed by atoms with Gasteiger partial charge in [0, 0.05) is 31.7 Å². The number of aliphatic carboxylic acids is 1. The number of carbonyl (C=O) groups excluding carboxylic acids is 1. The summed E-state index contributed by atoms with van der Waals surface area (Å²) in [4.78, 5) is 26.8. The van der Waals surface area contributed by atoms with Crippen LogP contribution in [0.25, 0.3) is 0 Å². The zero-order chi connectivity index (χ0) is 15.4. The van der Waals surface area contributed by atoms with Gasteiger partial charge >= 0.3 is 12.0 Å². The van der Waals surface area contributed by atoms with E-state index in [-0.39, 0.29) is 12.5 Å². The maximum absolute atomic E-state index is 12.1. The Morgan fingerprint density at radius 1 is 1.48 bits per heavy atom. The topological polar surface area (TPSA) is 82.1 Å². The first-order valence-electron chi connectivity index (χ1n) is 7.55. The molecule has 2 aliphatic rings. The lowest BCUT2D eigenvalue weighted by molar-refractivity contribution is -0.141. The van der Waals surface area contributed by atoms with Crippen LogP contribution >= 0.6 is 0 Å². The Hall–Kier alpha value is -1.34. The van der Waals surface area contributed by atoms with E-state index in [1.807, 2.05) is 0 Å². The highest BCUT2D eigenvalue weighted by molar-refractivity contribution is 5.74. The van der Waals surface area contributed by atoms with Gasteiger partial charge in [0.15, 0.2) is 0 Å². The molecule has 7 nitrogen and oxygen atoms in total. The molecule has 0 bridgehead atoms. The second-order valence-corrected chi connectivity index (χ2v) is 5.97. The van der Waals surface area contributed by atoms with Crippen molar-refractivity contribution < 1.29 is 19.4 Å². The number of nitrogens with zero attached hydrogens (tertiary/aromatic N) is 2. The quantitative estimate of drug-likeness (QED) is 0.740. The lowest BCUT2D eigenvalue weighted by atomic mass is 10.2. The van der Waals surface area contributed by atoms with Crippen molar-refractivity contribution in [3.63, 3.8) is 0 Å². The van der Waals surface area contributed by atoms with Gasteiger partial charge in [-0.1, -0.05) is 0 Å². The molecule has 0 aromatic heterocycles. The van der Waals surface area contributed by atoms with Gasteiger partial charge in [0.2, 0.25) is 0 Å². The largest absolute Gasteiger partial charge is 0.481 e. The Morgan fingerprint density at radius 3 is 2.81 bits per heavy atom. The molecule has 0 spiro atoms. The van der Waals surface area contributed by atoms with E-state index in [9.17, 15) is 9.59 Å². The van der Waals surface area contributed by atoms with Gasteiger partial charge in [0.1, 0.15) is 0 Å². The van der Waals surface area contributed by atoms with Crippen molar-refractivity contribution in [1.29, 1.82) is 0 Å². The van der Waals surface area contributed by atoms with Crippen LogP contribution in [0.15, 0.2) is 0 Å². The van der Waals surface area contributed by atoms with Crippen LogP contribution < -0.4 is 5.32 Å². The number of amides is 2. The maximum atomic E-state index is 12.1. The predicted molar refractivity (Wildman–Crippen MR) is 77.2 cm³/mol. The van der Waals surface area contributed by atoms with Gasteiger partial charge in [-0.2, -0.15) is 0 Å². The van der Waals surface area contributed by atoms with Crippen LogP contribution in [0, 0.1) is 0 Å². The minimum Gasteiger partial charge on any atom is -0.481 e. The molecule has 2 N–H and O–H groups in total. The first-order chi connectivity index (χ1) is 9.97. The number of carboxylic acid groups (broad SMARTS) is 1. The molecular formula is C14H25N3O4. The highest BCUT2D eigenvalue weighted by Crippen LogP contribution is 2.26. The average molecular weight is 299 g/mol. The van der Waals surface area contributed by atoms with Gasteiger partial charge in [-0.3, -0.25) is 9.69 Å². The smallest absolute Gasteiger partial charge is 0.317 e. The first-order valence-corrected chi connectivity index (χ1v) is 7.55. The number of rotatable bonds is 6. The van der Waals surface area contributed by atoms with E-state index in [2.05, 4.69) is 24.2 Å². The summed E-state index contributed by atoms with van der Waals surface area (Å²) in [6.07, 6.45) is 2.02. The number of hydrogen-bond acceptors (Lipinski definition) is 4. The maximum Gasteiger partial charge on any atom is 0.317 e. The van der Waals surface area contributed by atoms with Crippen LogP contribution in [-0.2, 0) is 9.53 Å². The van der Waals surface area contributed by atoms with Crippen molar-refractivity contribution in [3.8, 4) is 0 Å². The fourth-order valence-corrected chi connectivity index (χ4v) is 2.55. The summed E-state index contributed by atoms with van der Waals surface area (Å²) in [7, 11) is 2.09. The Morgan fingerprint density at radius 2 is 2.19 bits per heavy atom. The number of ether oxygens (including phenoxy) is 1. The minimum atomic E-state index is -0.901. The van der Waals surface area contributed by atoms with Crippen molar-refractivity contribution in [3.05, 3.63) is 0 Å². The van der Waals surface area contributed by atoms with E-state index in [1.165, 1.54) is 12.8 Å². The number of nitrogens with one attached hydrogen (secondary N) is 1. The van der Waals surface area contributed by atoms with Crippen molar-refractivity contribution >= 4 is 12.0 Å². The number of likely N-dealkylation sites (N-methyl/N-ethyl adjacent to an activating group) is 1. The second kappa shape index (κ2) is 7.09. The van der Waals surface area contributed by atoms with Crippen LogP contribution in [0.3, 0.4) is 0 Å². The van der Waals surface area contributed by atoms with Gasteiger partial charge in [-0.05, 0) is 26.8 Å². The monoisotopic (exact) mass is 299 g/mol. The Balaban J connectivity index is 1.73. The average Bonchev–Trinajstić information content (AvgIpc) is 3.27. The minimum absolute atomic E-state index is 0.0649. The molecule has 0 aromatic carbocycles. The van der Waals surface area contributed by atoms with E-state index < -0.39 is 12.1 Å². The summed E-state index contributed by atoms with van der Waals surface area (Å²) in [5.41, 5.74) is 0. The molecule has 2 amide bonds. The third kappa shape index (κ3) is 4.86. The van der Waals surface area contributed by atoms with Crippen LogP contribution in [-0.4, -0.2) is 78.4 Å². The zero-order valence-electron chi connectivity index (χ0n) is 12.7. The predicted octanol–water partition coefficient (Wildman–Crippen LogP) is 0.354. The second-order valence-electron chi connectivity index (χ2n) is 5.97. The van der Waals surface area contributed by atoms with Gasteiger partial charge < -0.3 is 20.1 Å². The molecule has 0 radical (unpaired) electrons. The van der Waals surface area contributed by atoms with Crippen molar-refractivity contribution in [2.24, 2.45) is 0 Å². The number of hydrogen-bond donors (Lipinski definition) is 2. The van der Waals surface area contributed by atoms with Gasteiger partial charge in [-0.15, -0.1) is 0 Å². The summed E-state index contributed by atoms with van der Waals surface area (Å²) >= 11 is 0. The van der Waals surface area contributed by atoms with Crippen LogP contribution in [0.2, 0.25) is 0 Å². The molecule has 1 aliphatic carbocycles. The summed E-state index contributed by atoms with van der Waals surface area (Å²) in [6, 6.07) is 0.835. The molecule has 2 fully saturated rings.